The predicted octanol–water partition coefficient (Wildman–Crippen LogP) is 3.00. The molecule has 21 heavy (non-hydrogen) atoms. The number of esters is 1. The molecule has 0 N–H and O–H groups in total. The lowest BCUT2D eigenvalue weighted by Crippen LogP contribution is -2.42. The van der Waals surface area contributed by atoms with Gasteiger partial charge in [-0.2, -0.15) is 0 Å². The molecule has 6 heteroatoms. The molecule has 0 aliphatic carbocycles. The van der Waals surface area contributed by atoms with Gasteiger partial charge in [0.25, 0.3) is 5.91 Å². The summed E-state index contributed by atoms with van der Waals surface area (Å²) in [4.78, 5) is 25.8. The molecule has 4 nitrogen and oxygen atoms in total. The van der Waals surface area contributed by atoms with Crippen LogP contribution >= 0.6 is 15.9 Å². The third kappa shape index (κ3) is 4.03. The summed E-state index contributed by atoms with van der Waals surface area (Å²) >= 11 is 3.18. The van der Waals surface area contributed by atoms with Crippen molar-refractivity contribution in [2.24, 2.45) is 5.92 Å². The molecule has 0 unspecified atom stereocenters. The van der Waals surface area contributed by atoms with E-state index in [0.717, 1.165) is 12.8 Å². The third-order valence-corrected chi connectivity index (χ3v) is 3.90. The van der Waals surface area contributed by atoms with E-state index in [1.807, 2.05) is 0 Å². The molecule has 1 heterocycles. The van der Waals surface area contributed by atoms with Crippen molar-refractivity contribution in [3.63, 3.8) is 0 Å². The van der Waals surface area contributed by atoms with Crippen LogP contribution in [0.5, 0.6) is 0 Å². The summed E-state index contributed by atoms with van der Waals surface area (Å²) < 4.78 is 18.9. The largest absolute Gasteiger partial charge is 0.466 e. The molecule has 1 aliphatic rings. The summed E-state index contributed by atoms with van der Waals surface area (Å²) in [5.74, 6) is -1.29. The molecule has 114 valence electrons. The van der Waals surface area contributed by atoms with Gasteiger partial charge in [-0.05, 0) is 38.0 Å². The van der Waals surface area contributed by atoms with E-state index in [1.54, 1.807) is 17.9 Å². The molecule has 1 aromatic rings. The van der Waals surface area contributed by atoms with Crippen molar-refractivity contribution in [1.82, 2.24) is 4.90 Å². The van der Waals surface area contributed by atoms with E-state index in [0.29, 0.717) is 24.2 Å². The van der Waals surface area contributed by atoms with Crippen LogP contribution in [-0.4, -0.2) is 36.5 Å². The normalized spacial score (nSPS) is 18.4. The molecular weight excluding hydrogens is 341 g/mol. The number of hydrogen-bond acceptors (Lipinski definition) is 3. The summed E-state index contributed by atoms with van der Waals surface area (Å²) in [7, 11) is 0. The molecule has 1 atom stereocenters. The van der Waals surface area contributed by atoms with E-state index in [-0.39, 0.29) is 23.4 Å². The average Bonchev–Trinajstić information content (AvgIpc) is 2.46. The van der Waals surface area contributed by atoms with Crippen LogP contribution in [0.4, 0.5) is 4.39 Å². The average molecular weight is 358 g/mol. The Labute approximate surface area is 131 Å². The number of benzene rings is 1. The van der Waals surface area contributed by atoms with Crippen LogP contribution in [0.3, 0.4) is 0 Å². The number of hydrogen-bond donors (Lipinski definition) is 0. The molecule has 0 radical (unpaired) electrons. The van der Waals surface area contributed by atoms with Gasteiger partial charge >= 0.3 is 5.97 Å². The van der Waals surface area contributed by atoms with Gasteiger partial charge in [0.15, 0.2) is 0 Å². The quantitative estimate of drug-likeness (QED) is 0.781. The van der Waals surface area contributed by atoms with Gasteiger partial charge < -0.3 is 9.64 Å². The van der Waals surface area contributed by atoms with E-state index < -0.39 is 5.82 Å². The zero-order valence-electron chi connectivity index (χ0n) is 11.8. The van der Waals surface area contributed by atoms with Gasteiger partial charge in [-0.15, -0.1) is 0 Å². The molecule has 1 fully saturated rings. The first-order valence-corrected chi connectivity index (χ1v) is 7.72. The molecule has 0 aromatic heterocycles. The zero-order chi connectivity index (χ0) is 15.4. The highest BCUT2D eigenvalue weighted by atomic mass is 79.9. The highest BCUT2D eigenvalue weighted by Gasteiger charge is 2.29. The molecule has 1 aliphatic heterocycles. The summed E-state index contributed by atoms with van der Waals surface area (Å²) in [6, 6.07) is 4.09. The van der Waals surface area contributed by atoms with Crippen LogP contribution in [0.1, 0.15) is 30.1 Å². The monoisotopic (exact) mass is 357 g/mol. The van der Waals surface area contributed by atoms with Gasteiger partial charge in [0.05, 0.1) is 12.5 Å². The number of ether oxygens (including phenoxy) is 1. The number of likely N-dealkylation sites (tertiary alicyclic amines) is 1. The SMILES string of the molecule is CCOC(=O)[C@@H]1CCCN(C(=O)c2cc(F)cc(Br)c2)C1. The van der Waals surface area contributed by atoms with E-state index in [1.165, 1.54) is 12.1 Å². The lowest BCUT2D eigenvalue weighted by atomic mass is 9.97. The highest BCUT2D eigenvalue weighted by Crippen LogP contribution is 2.22. The van der Waals surface area contributed by atoms with Crippen LogP contribution < -0.4 is 0 Å². The van der Waals surface area contributed by atoms with Crippen LogP contribution in [0, 0.1) is 11.7 Å². The van der Waals surface area contributed by atoms with Gasteiger partial charge in [0, 0.05) is 23.1 Å². The van der Waals surface area contributed by atoms with Crippen molar-refractivity contribution >= 4 is 27.8 Å². The van der Waals surface area contributed by atoms with Crippen molar-refractivity contribution in [3.8, 4) is 0 Å². The fourth-order valence-corrected chi connectivity index (χ4v) is 2.94. The predicted molar refractivity (Wildman–Crippen MR) is 79.4 cm³/mol. The van der Waals surface area contributed by atoms with Crippen molar-refractivity contribution in [1.29, 1.82) is 0 Å². The lowest BCUT2D eigenvalue weighted by Gasteiger charge is -2.31. The standard InChI is InChI=1S/C15H17BrFNO3/c1-2-21-15(20)10-4-3-5-18(9-10)14(19)11-6-12(16)8-13(17)7-11/h6-8,10H,2-5,9H2,1H3/t10-/m1/s1. The first-order valence-electron chi connectivity index (χ1n) is 6.93. The molecule has 1 amide bonds. The Morgan fingerprint density at radius 1 is 1.43 bits per heavy atom. The number of nitrogens with zero attached hydrogens (tertiary/aromatic N) is 1. The Bertz CT molecular complexity index is 529. The minimum Gasteiger partial charge on any atom is -0.466 e. The Kier molecular flexibility index (Phi) is 5.33. The topological polar surface area (TPSA) is 46.6 Å². The molecule has 0 bridgehead atoms. The maximum atomic E-state index is 13.4. The van der Waals surface area contributed by atoms with Crippen molar-refractivity contribution in [3.05, 3.63) is 34.1 Å². The van der Waals surface area contributed by atoms with Gasteiger partial charge in [0.1, 0.15) is 5.82 Å². The molecular formula is C15H17BrFNO3. The maximum absolute atomic E-state index is 13.4. The van der Waals surface area contributed by atoms with Gasteiger partial charge in [-0.25, -0.2) is 4.39 Å². The molecule has 1 saturated heterocycles. The van der Waals surface area contributed by atoms with Gasteiger partial charge in [-0.1, -0.05) is 15.9 Å². The summed E-state index contributed by atoms with van der Waals surface area (Å²) in [6.07, 6.45) is 1.46. The second-order valence-corrected chi connectivity index (χ2v) is 5.92. The minimum absolute atomic E-state index is 0.260. The van der Waals surface area contributed by atoms with Gasteiger partial charge in [0.2, 0.25) is 0 Å². The molecule has 0 saturated carbocycles. The fraction of sp³-hybridized carbons (Fsp3) is 0.467. The van der Waals surface area contributed by atoms with E-state index in [4.69, 9.17) is 4.74 Å². The van der Waals surface area contributed by atoms with E-state index >= 15 is 0 Å². The number of carbonyl (C=O) groups is 2. The third-order valence-electron chi connectivity index (χ3n) is 3.44. The van der Waals surface area contributed by atoms with Crippen molar-refractivity contribution in [2.75, 3.05) is 19.7 Å². The van der Waals surface area contributed by atoms with Crippen LogP contribution in [0.2, 0.25) is 0 Å². The molecule has 0 spiro atoms. The molecule has 2 rings (SSSR count). The number of halogens is 2. The smallest absolute Gasteiger partial charge is 0.310 e. The summed E-state index contributed by atoms with van der Waals surface area (Å²) in [5.41, 5.74) is 0.284. The Morgan fingerprint density at radius 2 is 2.19 bits per heavy atom. The Balaban J connectivity index is 2.10. The van der Waals surface area contributed by atoms with Crippen LogP contribution in [0.15, 0.2) is 22.7 Å². The first kappa shape index (κ1) is 15.9. The van der Waals surface area contributed by atoms with Crippen LogP contribution in [-0.2, 0) is 9.53 Å². The Morgan fingerprint density at radius 3 is 2.86 bits per heavy atom. The second kappa shape index (κ2) is 7.02. The number of amides is 1. The number of piperidine rings is 1. The minimum atomic E-state index is -0.466. The number of rotatable bonds is 3. The highest BCUT2D eigenvalue weighted by molar-refractivity contribution is 9.10. The maximum Gasteiger partial charge on any atom is 0.310 e. The van der Waals surface area contributed by atoms with E-state index in [2.05, 4.69) is 15.9 Å². The van der Waals surface area contributed by atoms with Gasteiger partial charge in [-0.3, -0.25) is 9.59 Å². The van der Waals surface area contributed by atoms with E-state index in [9.17, 15) is 14.0 Å². The van der Waals surface area contributed by atoms with Crippen molar-refractivity contribution in [2.45, 2.75) is 19.8 Å². The summed E-state index contributed by atoms with van der Waals surface area (Å²) in [5, 5.41) is 0. The summed E-state index contributed by atoms with van der Waals surface area (Å²) in [6.45, 7) is 2.99. The molecule has 1 aromatic carbocycles. The Hall–Kier alpha value is -1.43. The zero-order valence-corrected chi connectivity index (χ0v) is 13.4. The number of carbonyl (C=O) groups excluding carboxylic acids is 2. The first-order chi connectivity index (χ1) is 10.0. The lowest BCUT2D eigenvalue weighted by molar-refractivity contribution is -0.149. The second-order valence-electron chi connectivity index (χ2n) is 5.00. The van der Waals surface area contributed by atoms with Crippen LogP contribution in [0.25, 0.3) is 0 Å². The van der Waals surface area contributed by atoms with Crippen molar-refractivity contribution < 1.29 is 18.7 Å². The fourth-order valence-electron chi connectivity index (χ4n) is 2.47.